The van der Waals surface area contributed by atoms with E-state index in [1.54, 1.807) is 0 Å². The van der Waals surface area contributed by atoms with Crippen LogP contribution in [0.15, 0.2) is 12.1 Å². The number of thioether (sulfide) groups is 1. The second kappa shape index (κ2) is 5.98. The molecule has 0 unspecified atom stereocenters. The standard InChI is InChI=1S/C14H20ClN3S/c15-13-5-4-12(16-17-13)10-18-8-9-19-14(11-18)6-2-1-3-7-14/h4-5H,1-3,6-11H2. The van der Waals surface area contributed by atoms with Gasteiger partial charge in [0.15, 0.2) is 5.15 Å². The van der Waals surface area contributed by atoms with Crippen molar-refractivity contribution < 1.29 is 0 Å². The molecular weight excluding hydrogens is 278 g/mol. The van der Waals surface area contributed by atoms with Crippen molar-refractivity contribution in [2.24, 2.45) is 0 Å². The molecule has 0 amide bonds. The third-order valence-corrected chi connectivity index (χ3v) is 5.90. The van der Waals surface area contributed by atoms with Crippen molar-refractivity contribution >= 4 is 23.4 Å². The van der Waals surface area contributed by atoms with Crippen molar-refractivity contribution in [1.29, 1.82) is 0 Å². The van der Waals surface area contributed by atoms with E-state index in [2.05, 4.69) is 26.9 Å². The molecular formula is C14H20ClN3S. The monoisotopic (exact) mass is 297 g/mol. The van der Waals surface area contributed by atoms with Crippen LogP contribution in [0.1, 0.15) is 37.8 Å². The van der Waals surface area contributed by atoms with Gasteiger partial charge >= 0.3 is 0 Å². The van der Waals surface area contributed by atoms with E-state index in [1.165, 1.54) is 44.4 Å². The highest BCUT2D eigenvalue weighted by atomic mass is 35.5. The minimum Gasteiger partial charge on any atom is -0.295 e. The summed E-state index contributed by atoms with van der Waals surface area (Å²) in [4.78, 5) is 2.54. The Bertz CT molecular complexity index is 412. The quantitative estimate of drug-likeness (QED) is 0.837. The molecule has 1 aromatic heterocycles. The number of nitrogens with zero attached hydrogens (tertiary/aromatic N) is 3. The molecule has 3 nitrogen and oxygen atoms in total. The minimum atomic E-state index is 0.474. The summed E-state index contributed by atoms with van der Waals surface area (Å²) >= 11 is 7.98. The fourth-order valence-electron chi connectivity index (χ4n) is 3.21. The molecule has 1 aromatic rings. The van der Waals surface area contributed by atoms with E-state index in [-0.39, 0.29) is 0 Å². The summed E-state index contributed by atoms with van der Waals surface area (Å²) in [5, 5.41) is 8.58. The fourth-order valence-corrected chi connectivity index (χ4v) is 4.95. The molecule has 1 saturated heterocycles. The maximum absolute atomic E-state index is 5.78. The molecule has 1 aliphatic carbocycles. The number of rotatable bonds is 2. The highest BCUT2D eigenvalue weighted by Crippen LogP contribution is 2.42. The zero-order chi connectivity index (χ0) is 13.1. The molecule has 1 saturated carbocycles. The van der Waals surface area contributed by atoms with E-state index in [0.717, 1.165) is 18.8 Å². The molecule has 0 atom stereocenters. The third kappa shape index (κ3) is 3.41. The zero-order valence-corrected chi connectivity index (χ0v) is 12.7. The molecule has 1 aliphatic heterocycles. The lowest BCUT2D eigenvalue weighted by molar-refractivity contribution is 0.210. The normalized spacial score (nSPS) is 23.6. The van der Waals surface area contributed by atoms with Gasteiger partial charge in [-0.25, -0.2) is 0 Å². The second-order valence-electron chi connectivity index (χ2n) is 5.65. The van der Waals surface area contributed by atoms with Crippen molar-refractivity contribution in [2.75, 3.05) is 18.8 Å². The maximum atomic E-state index is 5.78. The molecule has 0 aromatic carbocycles. The molecule has 0 bridgehead atoms. The van der Waals surface area contributed by atoms with Crippen molar-refractivity contribution in [2.45, 2.75) is 43.4 Å². The minimum absolute atomic E-state index is 0.474. The molecule has 2 aliphatic rings. The Kier molecular flexibility index (Phi) is 4.30. The summed E-state index contributed by atoms with van der Waals surface area (Å²) in [6, 6.07) is 3.82. The Morgan fingerprint density at radius 3 is 2.79 bits per heavy atom. The number of hydrogen-bond acceptors (Lipinski definition) is 4. The first-order chi connectivity index (χ1) is 9.26. The number of aromatic nitrogens is 2. The van der Waals surface area contributed by atoms with E-state index in [0.29, 0.717) is 9.90 Å². The molecule has 0 radical (unpaired) electrons. The molecule has 1 spiro atoms. The predicted octanol–water partition coefficient (Wildman–Crippen LogP) is 3.38. The lowest BCUT2D eigenvalue weighted by Crippen LogP contribution is -2.47. The van der Waals surface area contributed by atoms with Crippen LogP contribution in [0.2, 0.25) is 5.15 Å². The lowest BCUT2D eigenvalue weighted by atomic mass is 9.87. The number of hydrogen-bond donors (Lipinski definition) is 0. The molecule has 3 rings (SSSR count). The third-order valence-electron chi connectivity index (χ3n) is 4.17. The first-order valence-corrected chi connectivity index (χ1v) is 8.47. The van der Waals surface area contributed by atoms with Gasteiger partial charge in [-0.2, -0.15) is 16.9 Å². The first kappa shape index (κ1) is 13.7. The molecule has 19 heavy (non-hydrogen) atoms. The average molecular weight is 298 g/mol. The van der Waals surface area contributed by atoms with Crippen molar-refractivity contribution in [3.8, 4) is 0 Å². The smallest absolute Gasteiger partial charge is 0.151 e. The summed E-state index contributed by atoms with van der Waals surface area (Å²) in [5.41, 5.74) is 1.03. The van der Waals surface area contributed by atoms with E-state index in [9.17, 15) is 0 Å². The highest BCUT2D eigenvalue weighted by molar-refractivity contribution is 8.00. The van der Waals surface area contributed by atoms with Crippen molar-refractivity contribution in [1.82, 2.24) is 15.1 Å². The Hall–Kier alpha value is -0.320. The Labute approximate surface area is 124 Å². The summed E-state index contributed by atoms with van der Waals surface area (Å²) in [6.45, 7) is 3.28. The van der Waals surface area contributed by atoms with Gasteiger partial charge in [0.2, 0.25) is 0 Å². The van der Waals surface area contributed by atoms with Gasteiger partial charge in [0.05, 0.1) is 5.69 Å². The Balaban J connectivity index is 1.63. The highest BCUT2D eigenvalue weighted by Gasteiger charge is 2.37. The van der Waals surface area contributed by atoms with Crippen LogP contribution in [0.4, 0.5) is 0 Å². The topological polar surface area (TPSA) is 29.0 Å². The number of halogens is 1. The SMILES string of the molecule is Clc1ccc(CN2CCSC3(CCCCC3)C2)nn1. The van der Waals surface area contributed by atoms with E-state index >= 15 is 0 Å². The van der Waals surface area contributed by atoms with E-state index < -0.39 is 0 Å². The fraction of sp³-hybridized carbons (Fsp3) is 0.714. The Morgan fingerprint density at radius 2 is 2.05 bits per heavy atom. The second-order valence-corrected chi connectivity index (χ2v) is 7.60. The van der Waals surface area contributed by atoms with Gasteiger partial charge in [0.25, 0.3) is 0 Å². The van der Waals surface area contributed by atoms with Gasteiger partial charge in [-0.3, -0.25) is 4.90 Å². The van der Waals surface area contributed by atoms with Crippen LogP contribution < -0.4 is 0 Å². The van der Waals surface area contributed by atoms with Gasteiger partial charge in [-0.1, -0.05) is 30.9 Å². The van der Waals surface area contributed by atoms with Gasteiger partial charge in [-0.15, -0.1) is 5.10 Å². The van der Waals surface area contributed by atoms with Crippen LogP contribution in [0.5, 0.6) is 0 Å². The zero-order valence-electron chi connectivity index (χ0n) is 11.1. The van der Waals surface area contributed by atoms with E-state index in [4.69, 9.17) is 11.6 Å². The molecule has 0 N–H and O–H groups in total. The van der Waals surface area contributed by atoms with Crippen LogP contribution in [-0.4, -0.2) is 38.7 Å². The predicted molar refractivity (Wildman–Crippen MR) is 80.6 cm³/mol. The van der Waals surface area contributed by atoms with Gasteiger partial charge in [-0.05, 0) is 25.0 Å². The molecule has 2 heterocycles. The molecule has 2 fully saturated rings. The Morgan fingerprint density at radius 1 is 1.21 bits per heavy atom. The van der Waals surface area contributed by atoms with Crippen molar-refractivity contribution in [3.63, 3.8) is 0 Å². The summed E-state index contributed by atoms with van der Waals surface area (Å²) in [6.07, 6.45) is 7.01. The van der Waals surface area contributed by atoms with Gasteiger partial charge in [0.1, 0.15) is 0 Å². The molecule has 104 valence electrons. The molecule has 5 heteroatoms. The first-order valence-electron chi connectivity index (χ1n) is 7.10. The lowest BCUT2D eigenvalue weighted by Gasteiger charge is -2.44. The largest absolute Gasteiger partial charge is 0.295 e. The van der Waals surface area contributed by atoms with Crippen LogP contribution in [0, 0.1) is 0 Å². The van der Waals surface area contributed by atoms with Crippen LogP contribution in [0.25, 0.3) is 0 Å². The van der Waals surface area contributed by atoms with Gasteiger partial charge < -0.3 is 0 Å². The van der Waals surface area contributed by atoms with Crippen molar-refractivity contribution in [3.05, 3.63) is 23.0 Å². The van der Waals surface area contributed by atoms with Gasteiger partial charge in [0, 0.05) is 30.1 Å². The van der Waals surface area contributed by atoms with Crippen LogP contribution >= 0.6 is 23.4 Å². The summed E-state index contributed by atoms with van der Waals surface area (Å²) in [7, 11) is 0. The van der Waals surface area contributed by atoms with Crippen LogP contribution in [-0.2, 0) is 6.54 Å². The average Bonchev–Trinajstić information content (AvgIpc) is 2.42. The summed E-state index contributed by atoms with van der Waals surface area (Å²) < 4.78 is 0.524. The maximum Gasteiger partial charge on any atom is 0.151 e. The van der Waals surface area contributed by atoms with E-state index in [1.807, 2.05) is 12.1 Å². The van der Waals surface area contributed by atoms with Crippen LogP contribution in [0.3, 0.4) is 0 Å². The summed E-state index contributed by atoms with van der Waals surface area (Å²) in [5.74, 6) is 1.25.